The number of carbonyl (C=O) groups excluding carboxylic acids is 1. The normalized spacial score (nSPS) is 9.80. The molecule has 0 aliphatic heterocycles. The Labute approximate surface area is 122 Å². The van der Waals surface area contributed by atoms with E-state index in [2.05, 4.69) is 11.4 Å². The number of hydrogen-bond acceptors (Lipinski definition) is 2. The topological polar surface area (TPSA) is 52.9 Å². The highest BCUT2D eigenvalue weighted by Gasteiger charge is 2.03. The van der Waals surface area contributed by atoms with Crippen molar-refractivity contribution in [2.75, 3.05) is 0 Å². The minimum absolute atomic E-state index is 0.0605. The average molecular weight is 285 g/mol. The van der Waals surface area contributed by atoms with Crippen LogP contribution in [0.4, 0.5) is 0 Å². The zero-order chi connectivity index (χ0) is 14.4. The Morgan fingerprint density at radius 1 is 1.15 bits per heavy atom. The van der Waals surface area contributed by atoms with Crippen LogP contribution >= 0.6 is 11.6 Å². The molecule has 100 valence electrons. The van der Waals surface area contributed by atoms with Crippen LogP contribution in [0.3, 0.4) is 0 Å². The molecule has 0 aliphatic rings. The molecule has 0 saturated carbocycles. The van der Waals surface area contributed by atoms with Gasteiger partial charge in [-0.2, -0.15) is 5.26 Å². The van der Waals surface area contributed by atoms with Gasteiger partial charge in [0.05, 0.1) is 18.1 Å². The molecule has 0 atom stereocenters. The molecule has 2 aromatic rings. The first-order valence-corrected chi connectivity index (χ1v) is 6.55. The van der Waals surface area contributed by atoms with Crippen LogP contribution in [0.25, 0.3) is 0 Å². The van der Waals surface area contributed by atoms with Crippen molar-refractivity contribution in [3.63, 3.8) is 0 Å². The molecule has 0 spiro atoms. The fourth-order valence-corrected chi connectivity index (χ4v) is 1.93. The highest BCUT2D eigenvalue weighted by molar-refractivity contribution is 6.30. The summed E-state index contributed by atoms with van der Waals surface area (Å²) in [7, 11) is 0. The first-order valence-electron chi connectivity index (χ1n) is 6.17. The van der Waals surface area contributed by atoms with Crippen LogP contribution in [0.2, 0.25) is 5.02 Å². The number of benzene rings is 2. The van der Waals surface area contributed by atoms with E-state index in [-0.39, 0.29) is 5.91 Å². The van der Waals surface area contributed by atoms with E-state index in [1.165, 1.54) is 0 Å². The number of rotatable bonds is 4. The average Bonchev–Trinajstić information content (AvgIpc) is 2.48. The summed E-state index contributed by atoms with van der Waals surface area (Å²) in [6.07, 6.45) is 0.315. The van der Waals surface area contributed by atoms with Gasteiger partial charge >= 0.3 is 0 Å². The van der Waals surface area contributed by atoms with Crippen molar-refractivity contribution in [1.29, 1.82) is 5.26 Å². The summed E-state index contributed by atoms with van der Waals surface area (Å²) in [5.74, 6) is -0.0605. The largest absolute Gasteiger partial charge is 0.352 e. The minimum atomic E-state index is -0.0605. The van der Waals surface area contributed by atoms with Gasteiger partial charge in [-0.25, -0.2) is 0 Å². The SMILES string of the molecule is N#Cc1cccc(CNC(=O)Cc2ccc(Cl)cc2)c1. The Morgan fingerprint density at radius 2 is 1.90 bits per heavy atom. The van der Waals surface area contributed by atoms with E-state index < -0.39 is 0 Å². The molecule has 1 amide bonds. The Kier molecular flexibility index (Phi) is 4.75. The molecule has 2 aromatic carbocycles. The van der Waals surface area contributed by atoms with E-state index in [4.69, 9.17) is 16.9 Å². The summed E-state index contributed by atoms with van der Waals surface area (Å²) in [6.45, 7) is 0.419. The molecule has 0 aliphatic carbocycles. The van der Waals surface area contributed by atoms with Crippen LogP contribution in [0, 0.1) is 11.3 Å². The maximum Gasteiger partial charge on any atom is 0.224 e. The molecule has 0 unspecified atom stereocenters. The van der Waals surface area contributed by atoms with Crippen LogP contribution in [0.5, 0.6) is 0 Å². The zero-order valence-corrected chi connectivity index (χ0v) is 11.5. The Balaban J connectivity index is 1.89. The van der Waals surface area contributed by atoms with Crippen molar-refractivity contribution in [2.24, 2.45) is 0 Å². The van der Waals surface area contributed by atoms with Crippen molar-refractivity contribution < 1.29 is 4.79 Å². The number of hydrogen-bond donors (Lipinski definition) is 1. The van der Waals surface area contributed by atoms with Crippen molar-refractivity contribution in [3.05, 3.63) is 70.2 Å². The monoisotopic (exact) mass is 284 g/mol. The highest BCUT2D eigenvalue weighted by atomic mass is 35.5. The van der Waals surface area contributed by atoms with Gasteiger partial charge in [0.2, 0.25) is 5.91 Å². The smallest absolute Gasteiger partial charge is 0.224 e. The van der Waals surface area contributed by atoms with Crippen molar-refractivity contribution in [2.45, 2.75) is 13.0 Å². The molecule has 20 heavy (non-hydrogen) atoms. The number of halogens is 1. The van der Waals surface area contributed by atoms with Crippen LogP contribution in [0.1, 0.15) is 16.7 Å². The summed E-state index contributed by atoms with van der Waals surface area (Å²) in [4.78, 5) is 11.8. The molecule has 1 N–H and O–H groups in total. The van der Waals surface area contributed by atoms with Gasteiger partial charge in [0, 0.05) is 11.6 Å². The summed E-state index contributed by atoms with van der Waals surface area (Å²) in [6, 6.07) is 16.5. The van der Waals surface area contributed by atoms with Crippen molar-refractivity contribution in [3.8, 4) is 6.07 Å². The zero-order valence-electron chi connectivity index (χ0n) is 10.8. The number of carbonyl (C=O) groups is 1. The molecule has 0 bridgehead atoms. The summed E-state index contributed by atoms with van der Waals surface area (Å²) < 4.78 is 0. The van der Waals surface area contributed by atoms with Crippen LogP contribution in [-0.2, 0) is 17.8 Å². The van der Waals surface area contributed by atoms with Gasteiger partial charge in [0.25, 0.3) is 0 Å². The Hall–Kier alpha value is -2.31. The molecule has 0 fully saturated rings. The number of amides is 1. The van der Waals surface area contributed by atoms with Gasteiger partial charge in [-0.15, -0.1) is 0 Å². The van der Waals surface area contributed by atoms with E-state index in [0.29, 0.717) is 23.6 Å². The first kappa shape index (κ1) is 14.1. The predicted octanol–water partition coefficient (Wildman–Crippen LogP) is 3.07. The third-order valence-corrected chi connectivity index (χ3v) is 3.08. The van der Waals surface area contributed by atoms with E-state index in [1.807, 2.05) is 18.2 Å². The van der Waals surface area contributed by atoms with Gasteiger partial charge in [-0.1, -0.05) is 35.9 Å². The van der Waals surface area contributed by atoms with Crippen molar-refractivity contribution >= 4 is 17.5 Å². The van der Waals surface area contributed by atoms with E-state index in [0.717, 1.165) is 11.1 Å². The van der Waals surface area contributed by atoms with Gasteiger partial charge < -0.3 is 5.32 Å². The van der Waals surface area contributed by atoms with Crippen LogP contribution < -0.4 is 5.32 Å². The number of nitriles is 1. The third-order valence-electron chi connectivity index (χ3n) is 2.82. The molecular weight excluding hydrogens is 272 g/mol. The van der Waals surface area contributed by atoms with Gasteiger partial charge in [-0.05, 0) is 35.4 Å². The molecule has 0 heterocycles. The molecule has 0 saturated heterocycles. The molecular formula is C16H13ClN2O. The van der Waals surface area contributed by atoms with Crippen LogP contribution in [0.15, 0.2) is 48.5 Å². The van der Waals surface area contributed by atoms with Crippen LogP contribution in [-0.4, -0.2) is 5.91 Å². The lowest BCUT2D eigenvalue weighted by Gasteiger charge is -2.06. The molecule has 0 aromatic heterocycles. The minimum Gasteiger partial charge on any atom is -0.352 e. The third kappa shape index (κ3) is 4.11. The van der Waals surface area contributed by atoms with E-state index in [1.54, 1.807) is 30.3 Å². The lowest BCUT2D eigenvalue weighted by Crippen LogP contribution is -2.24. The second-order valence-corrected chi connectivity index (χ2v) is 4.83. The fourth-order valence-electron chi connectivity index (χ4n) is 1.80. The predicted molar refractivity (Wildman–Crippen MR) is 78.2 cm³/mol. The van der Waals surface area contributed by atoms with E-state index in [9.17, 15) is 4.79 Å². The second kappa shape index (κ2) is 6.74. The van der Waals surface area contributed by atoms with Gasteiger partial charge in [0.1, 0.15) is 0 Å². The Bertz CT molecular complexity index is 644. The number of nitrogens with one attached hydrogen (secondary N) is 1. The summed E-state index contributed by atoms with van der Waals surface area (Å²) in [5, 5.41) is 12.3. The Morgan fingerprint density at radius 3 is 2.60 bits per heavy atom. The standard InChI is InChI=1S/C16H13ClN2O/c17-15-6-4-12(5-7-15)9-16(20)19-11-14-3-1-2-13(8-14)10-18/h1-8H,9,11H2,(H,19,20). The maximum atomic E-state index is 11.8. The maximum absolute atomic E-state index is 11.8. The first-order chi connectivity index (χ1) is 9.67. The number of nitrogens with zero attached hydrogens (tertiary/aromatic N) is 1. The van der Waals surface area contributed by atoms with Crippen molar-refractivity contribution in [1.82, 2.24) is 5.32 Å². The second-order valence-electron chi connectivity index (χ2n) is 4.39. The summed E-state index contributed by atoms with van der Waals surface area (Å²) in [5.41, 5.74) is 2.42. The molecule has 3 nitrogen and oxygen atoms in total. The summed E-state index contributed by atoms with van der Waals surface area (Å²) >= 11 is 5.79. The fraction of sp³-hybridized carbons (Fsp3) is 0.125. The lowest BCUT2D eigenvalue weighted by atomic mass is 10.1. The quantitative estimate of drug-likeness (QED) is 0.938. The molecule has 4 heteroatoms. The lowest BCUT2D eigenvalue weighted by molar-refractivity contribution is -0.120. The van der Waals surface area contributed by atoms with Gasteiger partial charge in [0.15, 0.2) is 0 Å². The molecule has 0 radical (unpaired) electrons. The highest BCUT2D eigenvalue weighted by Crippen LogP contribution is 2.10. The van der Waals surface area contributed by atoms with E-state index >= 15 is 0 Å². The molecule has 2 rings (SSSR count). The van der Waals surface area contributed by atoms with Gasteiger partial charge in [-0.3, -0.25) is 4.79 Å².